The second kappa shape index (κ2) is 3.37. The maximum atomic E-state index is 10.3. The molecule has 0 spiro atoms. The van der Waals surface area contributed by atoms with Gasteiger partial charge in [0.1, 0.15) is 0 Å². The highest BCUT2D eigenvalue weighted by atomic mass is 16.1. The van der Waals surface area contributed by atoms with Crippen molar-refractivity contribution in [1.29, 1.82) is 0 Å². The van der Waals surface area contributed by atoms with Crippen LogP contribution in [0.1, 0.15) is 12.8 Å². The summed E-state index contributed by atoms with van der Waals surface area (Å²) in [6.45, 7) is 1.96. The Morgan fingerprint density at radius 1 is 1.80 bits per heavy atom. The highest BCUT2D eigenvalue weighted by Gasteiger charge is 2.04. The number of carbonyl (C=O) groups is 1. The summed E-state index contributed by atoms with van der Waals surface area (Å²) < 4.78 is 0. The minimum atomic E-state index is -0.251. The number of carbonyl (C=O) groups excluding carboxylic acids is 1. The molecule has 3 heteroatoms. The molecule has 0 aromatic heterocycles. The molecule has 0 radical (unpaired) electrons. The van der Waals surface area contributed by atoms with E-state index in [1.165, 1.54) is 5.57 Å². The van der Waals surface area contributed by atoms with E-state index in [9.17, 15) is 4.79 Å². The van der Waals surface area contributed by atoms with Gasteiger partial charge >= 0.3 is 0 Å². The molecule has 0 unspecified atom stereocenters. The van der Waals surface area contributed by atoms with Crippen LogP contribution in [0.2, 0.25) is 0 Å². The number of nitrogens with two attached hydrogens (primary N) is 1. The summed E-state index contributed by atoms with van der Waals surface area (Å²) >= 11 is 0. The molecule has 0 bridgehead atoms. The van der Waals surface area contributed by atoms with Crippen LogP contribution in [0.15, 0.2) is 11.6 Å². The predicted molar refractivity (Wildman–Crippen MR) is 39.4 cm³/mol. The van der Waals surface area contributed by atoms with Crippen LogP contribution in [0.4, 0.5) is 0 Å². The van der Waals surface area contributed by atoms with Gasteiger partial charge in [0.25, 0.3) is 0 Å². The first-order chi connectivity index (χ1) is 4.79. The van der Waals surface area contributed by atoms with E-state index in [1.807, 2.05) is 6.08 Å². The Hall–Kier alpha value is -0.830. The van der Waals surface area contributed by atoms with Gasteiger partial charge in [0, 0.05) is 13.0 Å². The van der Waals surface area contributed by atoms with E-state index in [0.717, 1.165) is 19.5 Å². The molecule has 3 nitrogen and oxygen atoms in total. The van der Waals surface area contributed by atoms with Gasteiger partial charge in [0.05, 0.1) is 0 Å². The Kier molecular flexibility index (Phi) is 2.45. The van der Waals surface area contributed by atoms with Crippen LogP contribution in [0.3, 0.4) is 0 Å². The molecule has 1 heterocycles. The van der Waals surface area contributed by atoms with Crippen LogP contribution in [0.5, 0.6) is 0 Å². The largest absolute Gasteiger partial charge is 0.369 e. The standard InChI is InChI=1S/C7H12N2O/c8-7(10)2-1-6-3-4-9-5-6/h1,9H,2-5H2,(H2,8,10)/b6-1+. The van der Waals surface area contributed by atoms with E-state index in [1.54, 1.807) is 0 Å². The molecule has 1 aliphatic rings. The van der Waals surface area contributed by atoms with Gasteiger partial charge in [-0.2, -0.15) is 0 Å². The third kappa shape index (κ3) is 2.19. The molecule has 0 aromatic carbocycles. The second-order valence-electron chi connectivity index (χ2n) is 2.46. The molecule has 1 saturated heterocycles. The lowest BCUT2D eigenvalue weighted by Crippen LogP contribution is -2.09. The summed E-state index contributed by atoms with van der Waals surface area (Å²) in [5.74, 6) is -0.251. The maximum absolute atomic E-state index is 10.3. The Labute approximate surface area is 60.3 Å². The highest BCUT2D eigenvalue weighted by molar-refractivity contribution is 5.75. The summed E-state index contributed by atoms with van der Waals surface area (Å²) in [6, 6.07) is 0. The third-order valence-electron chi connectivity index (χ3n) is 1.57. The van der Waals surface area contributed by atoms with E-state index in [-0.39, 0.29) is 5.91 Å². The van der Waals surface area contributed by atoms with Crippen molar-refractivity contribution in [2.75, 3.05) is 13.1 Å². The van der Waals surface area contributed by atoms with E-state index in [0.29, 0.717) is 6.42 Å². The molecular formula is C7H12N2O. The molecule has 3 N–H and O–H groups in total. The van der Waals surface area contributed by atoms with Crippen LogP contribution in [-0.4, -0.2) is 19.0 Å². The lowest BCUT2D eigenvalue weighted by Gasteiger charge is -1.91. The Bertz CT molecular complexity index is 155. The summed E-state index contributed by atoms with van der Waals surface area (Å²) in [7, 11) is 0. The highest BCUT2D eigenvalue weighted by Crippen LogP contribution is 2.05. The number of rotatable bonds is 2. The first kappa shape index (κ1) is 7.28. The van der Waals surface area contributed by atoms with E-state index >= 15 is 0 Å². The summed E-state index contributed by atoms with van der Waals surface area (Å²) in [4.78, 5) is 10.3. The van der Waals surface area contributed by atoms with Crippen molar-refractivity contribution in [2.24, 2.45) is 5.73 Å². The van der Waals surface area contributed by atoms with E-state index in [4.69, 9.17) is 5.73 Å². The first-order valence-corrected chi connectivity index (χ1v) is 3.46. The molecule has 0 aliphatic carbocycles. The lowest BCUT2D eigenvalue weighted by atomic mass is 10.2. The predicted octanol–water partition coefficient (Wildman–Crippen LogP) is -0.219. The molecule has 1 amide bonds. The molecule has 1 fully saturated rings. The fraction of sp³-hybridized carbons (Fsp3) is 0.571. The van der Waals surface area contributed by atoms with Crippen molar-refractivity contribution >= 4 is 5.91 Å². The van der Waals surface area contributed by atoms with Gasteiger partial charge in [-0.1, -0.05) is 11.6 Å². The fourth-order valence-corrected chi connectivity index (χ4v) is 1.01. The van der Waals surface area contributed by atoms with Gasteiger partial charge < -0.3 is 11.1 Å². The number of amides is 1. The molecule has 56 valence electrons. The van der Waals surface area contributed by atoms with Crippen LogP contribution in [0.25, 0.3) is 0 Å². The van der Waals surface area contributed by atoms with Crippen molar-refractivity contribution in [2.45, 2.75) is 12.8 Å². The van der Waals surface area contributed by atoms with Gasteiger partial charge in [0.15, 0.2) is 0 Å². The number of hydrogen-bond acceptors (Lipinski definition) is 2. The Morgan fingerprint density at radius 3 is 3.10 bits per heavy atom. The lowest BCUT2D eigenvalue weighted by molar-refractivity contribution is -0.117. The van der Waals surface area contributed by atoms with Gasteiger partial charge in [-0.15, -0.1) is 0 Å². The normalized spacial score (nSPS) is 21.8. The van der Waals surface area contributed by atoms with Crippen molar-refractivity contribution in [3.8, 4) is 0 Å². The average molecular weight is 140 g/mol. The Morgan fingerprint density at radius 2 is 2.60 bits per heavy atom. The molecule has 10 heavy (non-hydrogen) atoms. The summed E-state index contributed by atoms with van der Waals surface area (Å²) in [5.41, 5.74) is 6.27. The minimum absolute atomic E-state index is 0.251. The van der Waals surface area contributed by atoms with Crippen molar-refractivity contribution in [1.82, 2.24) is 5.32 Å². The topological polar surface area (TPSA) is 55.1 Å². The van der Waals surface area contributed by atoms with Crippen LogP contribution >= 0.6 is 0 Å². The number of primary amides is 1. The zero-order valence-electron chi connectivity index (χ0n) is 5.89. The zero-order chi connectivity index (χ0) is 7.40. The van der Waals surface area contributed by atoms with Crippen molar-refractivity contribution in [3.05, 3.63) is 11.6 Å². The quantitative estimate of drug-likeness (QED) is 0.521. The second-order valence-corrected chi connectivity index (χ2v) is 2.46. The van der Waals surface area contributed by atoms with E-state index < -0.39 is 0 Å². The molecule has 0 aromatic rings. The zero-order valence-corrected chi connectivity index (χ0v) is 5.89. The fourth-order valence-electron chi connectivity index (χ4n) is 1.01. The van der Waals surface area contributed by atoms with Gasteiger partial charge in [0.2, 0.25) is 5.91 Å². The summed E-state index contributed by atoms with van der Waals surface area (Å²) in [6.07, 6.45) is 3.37. The van der Waals surface area contributed by atoms with Crippen LogP contribution in [0, 0.1) is 0 Å². The average Bonchev–Trinajstić information content (AvgIpc) is 2.34. The van der Waals surface area contributed by atoms with Crippen LogP contribution < -0.4 is 11.1 Å². The molecule has 0 saturated carbocycles. The van der Waals surface area contributed by atoms with Crippen molar-refractivity contribution in [3.63, 3.8) is 0 Å². The van der Waals surface area contributed by atoms with Crippen molar-refractivity contribution < 1.29 is 4.79 Å². The summed E-state index contributed by atoms with van der Waals surface area (Å²) in [5, 5.41) is 3.18. The first-order valence-electron chi connectivity index (χ1n) is 3.46. The number of hydrogen-bond donors (Lipinski definition) is 2. The molecule has 1 rings (SSSR count). The minimum Gasteiger partial charge on any atom is -0.369 e. The van der Waals surface area contributed by atoms with Gasteiger partial charge in [-0.25, -0.2) is 0 Å². The number of nitrogens with one attached hydrogen (secondary N) is 1. The van der Waals surface area contributed by atoms with Gasteiger partial charge in [-0.3, -0.25) is 4.79 Å². The SMILES string of the molecule is NC(=O)C/C=C1\CCNC1. The smallest absolute Gasteiger partial charge is 0.221 e. The van der Waals surface area contributed by atoms with Crippen LogP contribution in [-0.2, 0) is 4.79 Å². The monoisotopic (exact) mass is 140 g/mol. The Balaban J connectivity index is 2.31. The molecular weight excluding hydrogens is 128 g/mol. The molecule has 0 atom stereocenters. The van der Waals surface area contributed by atoms with E-state index in [2.05, 4.69) is 5.32 Å². The van der Waals surface area contributed by atoms with Gasteiger partial charge in [-0.05, 0) is 13.0 Å². The third-order valence-corrected chi connectivity index (χ3v) is 1.57. The molecule has 1 aliphatic heterocycles. The maximum Gasteiger partial charge on any atom is 0.221 e.